The number of hydrogen-bond donors (Lipinski definition) is 1. The van der Waals surface area contributed by atoms with Gasteiger partial charge in [0, 0.05) is 0 Å². The van der Waals surface area contributed by atoms with Crippen LogP contribution in [0.3, 0.4) is 0 Å². The first-order valence-electron chi connectivity index (χ1n) is 10.2. The number of hydrogen-bond acceptors (Lipinski definition) is 5. The molecule has 0 bridgehead atoms. The lowest BCUT2D eigenvalue weighted by molar-refractivity contribution is -0.119. The molecule has 3 aromatic carbocycles. The molecule has 33 heavy (non-hydrogen) atoms. The number of carbonyl (C=O) groups is 1. The van der Waals surface area contributed by atoms with Gasteiger partial charge in [0.1, 0.15) is 30.5 Å². The lowest BCUT2D eigenvalue weighted by atomic mass is 10.2. The Hall–Kier alpha value is -3.59. The molecule has 0 radical (unpaired) electrons. The first kappa shape index (κ1) is 24.1. The van der Waals surface area contributed by atoms with Crippen molar-refractivity contribution in [1.82, 2.24) is 5.32 Å². The molecule has 0 unspecified atom stereocenters. The maximum Gasteiger partial charge on any atom is 0.264 e. The first-order valence-corrected chi connectivity index (χ1v) is 11.6. The van der Waals surface area contributed by atoms with Crippen LogP contribution in [0.15, 0.2) is 77.7 Å². The molecule has 0 aliphatic heterocycles. The SMILES string of the molecule is COc1ccc(S(=O)(=O)N(CC(=O)NCCOc2ccc(F)cc2)c2ccc(C)cc2)cc1. The number of halogens is 1. The van der Waals surface area contributed by atoms with Crippen LogP contribution in [0.2, 0.25) is 0 Å². The number of ether oxygens (including phenoxy) is 2. The average Bonchev–Trinajstić information content (AvgIpc) is 2.82. The summed E-state index contributed by atoms with van der Waals surface area (Å²) in [6.07, 6.45) is 0. The van der Waals surface area contributed by atoms with Crippen LogP contribution in [0, 0.1) is 12.7 Å². The van der Waals surface area contributed by atoms with Crippen LogP contribution in [0.5, 0.6) is 11.5 Å². The summed E-state index contributed by atoms with van der Waals surface area (Å²) in [6.45, 7) is 1.78. The van der Waals surface area contributed by atoms with E-state index in [1.165, 1.54) is 43.5 Å². The topological polar surface area (TPSA) is 84.9 Å². The fraction of sp³-hybridized carbons (Fsp3) is 0.208. The summed E-state index contributed by atoms with van der Waals surface area (Å²) in [5.41, 5.74) is 1.33. The summed E-state index contributed by atoms with van der Waals surface area (Å²) in [6, 6.07) is 18.3. The summed E-state index contributed by atoms with van der Waals surface area (Å²) in [5, 5.41) is 2.65. The van der Waals surface area contributed by atoms with E-state index in [9.17, 15) is 17.6 Å². The average molecular weight is 473 g/mol. The lowest BCUT2D eigenvalue weighted by Crippen LogP contribution is -2.41. The third kappa shape index (κ3) is 6.45. The molecule has 9 heteroatoms. The molecule has 0 saturated heterocycles. The van der Waals surface area contributed by atoms with Gasteiger partial charge in [-0.25, -0.2) is 12.8 Å². The standard InChI is InChI=1S/C24H25FN2O5S/c1-18-3-7-20(8-4-18)27(33(29,30)23-13-11-21(31-2)12-14-23)17-24(28)26-15-16-32-22-9-5-19(25)6-10-22/h3-14H,15-17H2,1-2H3,(H,26,28). The van der Waals surface area contributed by atoms with Crippen molar-refractivity contribution >= 4 is 21.6 Å². The Morgan fingerprint density at radius 3 is 2.15 bits per heavy atom. The zero-order valence-corrected chi connectivity index (χ0v) is 19.1. The van der Waals surface area contributed by atoms with Crippen LogP contribution < -0.4 is 19.1 Å². The minimum atomic E-state index is -4.01. The van der Waals surface area contributed by atoms with E-state index < -0.39 is 22.5 Å². The highest BCUT2D eigenvalue weighted by atomic mass is 32.2. The van der Waals surface area contributed by atoms with Crippen molar-refractivity contribution < 1.29 is 27.1 Å². The summed E-state index contributed by atoms with van der Waals surface area (Å²) in [4.78, 5) is 12.6. The van der Waals surface area contributed by atoms with Gasteiger partial charge in [-0.3, -0.25) is 9.10 Å². The van der Waals surface area contributed by atoms with E-state index in [4.69, 9.17) is 9.47 Å². The molecule has 3 rings (SSSR count). The number of methoxy groups -OCH3 is 1. The highest BCUT2D eigenvalue weighted by molar-refractivity contribution is 7.92. The second kappa shape index (κ2) is 10.8. The molecule has 3 aromatic rings. The largest absolute Gasteiger partial charge is 0.497 e. The van der Waals surface area contributed by atoms with Crippen molar-refractivity contribution in [1.29, 1.82) is 0 Å². The predicted octanol–water partition coefficient (Wildman–Crippen LogP) is 3.53. The van der Waals surface area contributed by atoms with E-state index in [-0.39, 0.29) is 23.9 Å². The number of carbonyl (C=O) groups excluding carboxylic acids is 1. The molecule has 1 N–H and O–H groups in total. The van der Waals surface area contributed by atoms with Crippen LogP contribution >= 0.6 is 0 Å². The Kier molecular flexibility index (Phi) is 7.89. The Bertz CT molecular complexity index is 1160. The van der Waals surface area contributed by atoms with E-state index in [1.54, 1.807) is 36.4 Å². The number of rotatable bonds is 10. The van der Waals surface area contributed by atoms with Crippen molar-refractivity contribution in [2.45, 2.75) is 11.8 Å². The van der Waals surface area contributed by atoms with Crippen molar-refractivity contribution in [2.75, 3.05) is 31.1 Å². The molecule has 0 spiro atoms. The molecule has 0 atom stereocenters. The molecule has 0 fully saturated rings. The van der Waals surface area contributed by atoms with E-state index >= 15 is 0 Å². The molecule has 7 nitrogen and oxygen atoms in total. The normalized spacial score (nSPS) is 11.0. The molecule has 1 amide bonds. The van der Waals surface area contributed by atoms with Gasteiger partial charge in [0.05, 0.1) is 24.2 Å². The van der Waals surface area contributed by atoms with Crippen LogP contribution in [-0.4, -0.2) is 41.1 Å². The maximum absolute atomic E-state index is 13.3. The molecular formula is C24H25FN2O5S. The van der Waals surface area contributed by atoms with Gasteiger partial charge >= 0.3 is 0 Å². The first-order chi connectivity index (χ1) is 15.8. The summed E-state index contributed by atoms with van der Waals surface area (Å²) >= 11 is 0. The second-order valence-electron chi connectivity index (χ2n) is 7.18. The minimum absolute atomic E-state index is 0.0383. The van der Waals surface area contributed by atoms with Gasteiger partial charge in [-0.1, -0.05) is 17.7 Å². The Morgan fingerprint density at radius 2 is 1.55 bits per heavy atom. The Balaban J connectivity index is 1.70. The molecule has 0 heterocycles. The Morgan fingerprint density at radius 1 is 0.939 bits per heavy atom. The number of nitrogens with one attached hydrogen (secondary N) is 1. The smallest absolute Gasteiger partial charge is 0.264 e. The van der Waals surface area contributed by atoms with Crippen molar-refractivity contribution in [3.05, 3.63) is 84.2 Å². The van der Waals surface area contributed by atoms with Gasteiger partial charge < -0.3 is 14.8 Å². The molecule has 174 valence electrons. The van der Waals surface area contributed by atoms with E-state index in [1.807, 2.05) is 6.92 Å². The van der Waals surface area contributed by atoms with Gasteiger partial charge in [0.25, 0.3) is 10.0 Å². The molecule has 0 aliphatic carbocycles. The molecular weight excluding hydrogens is 447 g/mol. The predicted molar refractivity (Wildman–Crippen MR) is 124 cm³/mol. The number of amides is 1. The van der Waals surface area contributed by atoms with Gasteiger partial charge in [0.2, 0.25) is 5.91 Å². The molecule has 0 aromatic heterocycles. The van der Waals surface area contributed by atoms with Crippen LogP contribution in [0.4, 0.5) is 10.1 Å². The maximum atomic E-state index is 13.3. The third-order valence-electron chi connectivity index (χ3n) is 4.76. The van der Waals surface area contributed by atoms with E-state index in [0.717, 1.165) is 9.87 Å². The van der Waals surface area contributed by atoms with Crippen LogP contribution in [0.25, 0.3) is 0 Å². The van der Waals surface area contributed by atoms with Gasteiger partial charge in [-0.15, -0.1) is 0 Å². The zero-order valence-electron chi connectivity index (χ0n) is 18.3. The molecule has 0 saturated carbocycles. The van der Waals surface area contributed by atoms with Crippen LogP contribution in [-0.2, 0) is 14.8 Å². The summed E-state index contributed by atoms with van der Waals surface area (Å²) in [5.74, 6) is 0.129. The summed E-state index contributed by atoms with van der Waals surface area (Å²) < 4.78 is 51.2. The van der Waals surface area contributed by atoms with E-state index in [0.29, 0.717) is 17.2 Å². The van der Waals surface area contributed by atoms with Crippen molar-refractivity contribution in [2.24, 2.45) is 0 Å². The highest BCUT2D eigenvalue weighted by Crippen LogP contribution is 2.25. The number of anilines is 1. The zero-order chi connectivity index (χ0) is 23.8. The Labute approximate surface area is 192 Å². The molecule has 0 aliphatic rings. The lowest BCUT2D eigenvalue weighted by Gasteiger charge is -2.24. The fourth-order valence-electron chi connectivity index (χ4n) is 2.98. The van der Waals surface area contributed by atoms with Gasteiger partial charge in [-0.05, 0) is 67.6 Å². The summed E-state index contributed by atoms with van der Waals surface area (Å²) in [7, 11) is -2.52. The fourth-order valence-corrected chi connectivity index (χ4v) is 4.40. The van der Waals surface area contributed by atoms with Crippen LogP contribution in [0.1, 0.15) is 5.56 Å². The van der Waals surface area contributed by atoms with E-state index in [2.05, 4.69) is 5.32 Å². The second-order valence-corrected chi connectivity index (χ2v) is 9.04. The number of nitrogens with zero attached hydrogens (tertiary/aromatic N) is 1. The van der Waals surface area contributed by atoms with Gasteiger partial charge in [-0.2, -0.15) is 0 Å². The quantitative estimate of drug-likeness (QED) is 0.457. The van der Waals surface area contributed by atoms with Crippen molar-refractivity contribution in [3.8, 4) is 11.5 Å². The van der Waals surface area contributed by atoms with Gasteiger partial charge in [0.15, 0.2) is 0 Å². The number of benzene rings is 3. The minimum Gasteiger partial charge on any atom is -0.497 e. The monoisotopic (exact) mass is 472 g/mol. The van der Waals surface area contributed by atoms with Crippen molar-refractivity contribution in [3.63, 3.8) is 0 Å². The highest BCUT2D eigenvalue weighted by Gasteiger charge is 2.27. The number of sulfonamides is 1. The third-order valence-corrected chi connectivity index (χ3v) is 6.55. The number of aryl methyl sites for hydroxylation is 1.